The number of carbonyl (C=O) groups is 1. The van der Waals surface area contributed by atoms with E-state index in [0.29, 0.717) is 59.7 Å². The summed E-state index contributed by atoms with van der Waals surface area (Å²) < 4.78 is 32.9. The van der Waals surface area contributed by atoms with Crippen molar-refractivity contribution in [1.82, 2.24) is 19.9 Å². The minimum absolute atomic E-state index is 0. The van der Waals surface area contributed by atoms with Gasteiger partial charge in [-0.1, -0.05) is 19.6 Å². The highest BCUT2D eigenvalue weighted by molar-refractivity contribution is 5.79. The van der Waals surface area contributed by atoms with Crippen molar-refractivity contribution >= 4 is 6.29 Å². The summed E-state index contributed by atoms with van der Waals surface area (Å²) in [5.74, 6) is 1.69. The van der Waals surface area contributed by atoms with Crippen LogP contribution in [0.4, 0.5) is 0 Å². The summed E-state index contributed by atoms with van der Waals surface area (Å²) >= 11 is 0. The Labute approximate surface area is 280 Å². The van der Waals surface area contributed by atoms with E-state index in [1.54, 1.807) is 65.5 Å². The van der Waals surface area contributed by atoms with E-state index in [-0.39, 0.29) is 20.6 Å². The van der Waals surface area contributed by atoms with Crippen molar-refractivity contribution in [3.05, 3.63) is 94.8 Å². The number of rotatable bonds is 12. The monoisotopic (exact) mass is 664 g/mol. The van der Waals surface area contributed by atoms with Gasteiger partial charge in [-0.15, -0.1) is 0 Å². The zero-order chi connectivity index (χ0) is 34.0. The second kappa shape index (κ2) is 16.9. The van der Waals surface area contributed by atoms with Gasteiger partial charge in [-0.2, -0.15) is 0 Å². The summed E-state index contributed by atoms with van der Waals surface area (Å²) in [6, 6.07) is 10.5. The van der Waals surface area contributed by atoms with Crippen LogP contribution in [0.1, 0.15) is 79.8 Å². The van der Waals surface area contributed by atoms with Gasteiger partial charge >= 0.3 is 0 Å². The van der Waals surface area contributed by atoms with Gasteiger partial charge in [0.15, 0.2) is 12.6 Å². The van der Waals surface area contributed by atoms with E-state index in [4.69, 9.17) is 28.4 Å². The largest absolute Gasteiger partial charge is 0.487 e. The van der Waals surface area contributed by atoms with Crippen molar-refractivity contribution in [3.8, 4) is 23.3 Å². The van der Waals surface area contributed by atoms with Crippen molar-refractivity contribution < 1.29 is 43.4 Å². The van der Waals surface area contributed by atoms with Crippen LogP contribution in [0.5, 0.6) is 23.3 Å². The minimum Gasteiger partial charge on any atom is -0.487 e. The van der Waals surface area contributed by atoms with Gasteiger partial charge in [0.25, 0.3) is 0 Å². The summed E-state index contributed by atoms with van der Waals surface area (Å²) in [4.78, 5) is 27.8. The summed E-state index contributed by atoms with van der Waals surface area (Å²) in [7, 11) is 3.02. The zero-order valence-electron chi connectivity index (χ0n) is 27.3. The first-order valence-electron chi connectivity index (χ1n) is 14.8. The van der Waals surface area contributed by atoms with E-state index in [0.717, 1.165) is 16.7 Å². The molecule has 5 rings (SSSR count). The number of aliphatic hydroxyl groups is 2. The molecule has 1 saturated heterocycles. The molecule has 0 saturated carbocycles. The molecule has 1 aliphatic heterocycles. The second-order valence-electron chi connectivity index (χ2n) is 11.4. The first-order valence-corrected chi connectivity index (χ1v) is 14.8. The average Bonchev–Trinajstić information content (AvgIpc) is 3.61. The Morgan fingerprint density at radius 3 is 1.75 bits per heavy atom. The molecule has 13 nitrogen and oxygen atoms in total. The Balaban J connectivity index is 0.000000257. The van der Waals surface area contributed by atoms with Crippen LogP contribution in [-0.2, 0) is 33.9 Å². The molecule has 4 aromatic rings. The zero-order valence-corrected chi connectivity index (χ0v) is 27.3. The van der Waals surface area contributed by atoms with Crippen molar-refractivity contribution in [3.63, 3.8) is 0 Å². The third-order valence-electron chi connectivity index (χ3n) is 6.87. The highest BCUT2D eigenvalue weighted by Crippen LogP contribution is 2.34. The number of aromatic nitrogens is 4. The third-order valence-corrected chi connectivity index (χ3v) is 6.87. The first-order chi connectivity index (χ1) is 22.4. The topological polar surface area (TPSA) is 164 Å². The van der Waals surface area contributed by atoms with Crippen LogP contribution in [0.15, 0.2) is 61.2 Å². The molecule has 48 heavy (non-hydrogen) atoms. The molecule has 258 valence electrons. The molecular weight excluding hydrogens is 620 g/mol. The Morgan fingerprint density at radius 2 is 1.27 bits per heavy atom. The highest BCUT2D eigenvalue weighted by Gasteiger charge is 2.26. The Morgan fingerprint density at radius 1 is 0.792 bits per heavy atom. The molecule has 0 unspecified atom stereocenters. The quantitative estimate of drug-likeness (QED) is 0.193. The van der Waals surface area contributed by atoms with Gasteiger partial charge in [0, 0.05) is 35.7 Å². The summed E-state index contributed by atoms with van der Waals surface area (Å²) in [5, 5.41) is 20.4. The van der Waals surface area contributed by atoms with Crippen LogP contribution in [0.3, 0.4) is 0 Å². The summed E-state index contributed by atoms with van der Waals surface area (Å²) in [6.45, 7) is 8.16. The van der Waals surface area contributed by atoms with E-state index in [9.17, 15) is 15.0 Å². The molecule has 0 spiro atoms. The number of methoxy groups -OCH3 is 2. The molecule has 0 aromatic carbocycles. The molecular formula is C35H44N4O9. The lowest BCUT2D eigenvalue weighted by Crippen LogP contribution is -2.20. The maximum absolute atomic E-state index is 11.1. The van der Waals surface area contributed by atoms with Crippen molar-refractivity contribution in [2.75, 3.05) is 27.4 Å². The highest BCUT2D eigenvalue weighted by atomic mass is 16.7. The van der Waals surface area contributed by atoms with E-state index < -0.39 is 17.5 Å². The van der Waals surface area contributed by atoms with Crippen LogP contribution in [-0.4, -0.2) is 63.9 Å². The predicted molar refractivity (Wildman–Crippen MR) is 176 cm³/mol. The maximum Gasteiger partial charge on any atom is 0.213 e. The third kappa shape index (κ3) is 9.91. The molecule has 1 fully saturated rings. The number of pyridine rings is 4. The molecule has 13 heteroatoms. The van der Waals surface area contributed by atoms with Gasteiger partial charge in [-0.3, -0.25) is 14.8 Å². The van der Waals surface area contributed by atoms with Crippen molar-refractivity contribution in [1.29, 1.82) is 0 Å². The predicted octanol–water partition coefficient (Wildman–Crippen LogP) is 5.08. The van der Waals surface area contributed by atoms with Crippen LogP contribution in [0, 0.1) is 0 Å². The molecule has 0 bridgehead atoms. The number of hydrogen-bond acceptors (Lipinski definition) is 13. The number of nitrogens with zero attached hydrogens (tertiary/aromatic N) is 4. The second-order valence-corrected chi connectivity index (χ2v) is 11.4. The summed E-state index contributed by atoms with van der Waals surface area (Å²) in [6.07, 6.45) is 6.45. The number of aldehydes is 1. The fourth-order valence-corrected chi connectivity index (χ4v) is 4.68. The number of hydrogen-bond donors (Lipinski definition) is 2. The van der Waals surface area contributed by atoms with Gasteiger partial charge in [0.05, 0.1) is 62.3 Å². The van der Waals surface area contributed by atoms with Gasteiger partial charge in [0.2, 0.25) is 11.8 Å². The van der Waals surface area contributed by atoms with Crippen LogP contribution in [0.2, 0.25) is 0 Å². The maximum atomic E-state index is 11.1. The molecule has 2 N–H and O–H groups in total. The molecule has 0 aliphatic carbocycles. The van der Waals surface area contributed by atoms with E-state index >= 15 is 0 Å². The molecule has 4 aromatic heterocycles. The van der Waals surface area contributed by atoms with Gasteiger partial charge in [-0.05, 0) is 39.8 Å². The Bertz CT molecular complexity index is 1630. The normalized spacial score (nSPS) is 13.1. The van der Waals surface area contributed by atoms with Crippen LogP contribution < -0.4 is 18.9 Å². The lowest BCUT2D eigenvalue weighted by molar-refractivity contribution is -0.0461. The fourth-order valence-electron chi connectivity index (χ4n) is 4.68. The Kier molecular flexibility index (Phi) is 13.3. The first kappa shape index (κ1) is 37.8. The average molecular weight is 665 g/mol. The van der Waals surface area contributed by atoms with Crippen LogP contribution >= 0.6 is 0 Å². The smallest absolute Gasteiger partial charge is 0.213 e. The molecule has 0 amide bonds. The number of ether oxygens (including phenoxy) is 6. The van der Waals surface area contributed by atoms with E-state index in [1.165, 1.54) is 19.4 Å². The molecule has 0 radical (unpaired) electrons. The van der Waals surface area contributed by atoms with Crippen LogP contribution in [0.25, 0.3) is 0 Å². The SMILES string of the molecule is C.COc1cc(C2OCCO2)c(OCc2cccnc2C(C)(C)O)cn1.COc1cc(C=O)c(OCc2cccnc2C(C)(C)O)cn1. The lowest BCUT2D eigenvalue weighted by atomic mass is 10.00. The van der Waals surface area contributed by atoms with Gasteiger partial charge < -0.3 is 38.6 Å². The van der Waals surface area contributed by atoms with Gasteiger partial charge in [0.1, 0.15) is 35.9 Å². The lowest BCUT2D eigenvalue weighted by Gasteiger charge is -2.21. The van der Waals surface area contributed by atoms with Gasteiger partial charge in [-0.25, -0.2) is 9.97 Å². The molecule has 0 atom stereocenters. The number of carbonyl (C=O) groups excluding carboxylic acids is 1. The van der Waals surface area contributed by atoms with E-state index in [2.05, 4.69) is 19.9 Å². The minimum atomic E-state index is -1.08. The molecule has 5 heterocycles. The Hall–Kier alpha value is -4.69. The van der Waals surface area contributed by atoms with E-state index in [1.807, 2.05) is 18.2 Å². The summed E-state index contributed by atoms with van der Waals surface area (Å²) in [5.41, 5.74) is 1.58. The molecule has 1 aliphatic rings. The van der Waals surface area contributed by atoms with Crippen molar-refractivity contribution in [2.24, 2.45) is 0 Å². The standard InChI is InChI=1S/C18H22N2O5.C16H18N2O4.CH4/c1-18(2,21)16-12(5-4-6-19-16)11-25-14-10-20-15(22-3)9-13(14)17-23-7-8-24-17;1-16(2,20)15-11(5-4-6-17-15)10-22-13-8-18-14(21-3)7-12(13)9-19;/h4-6,9-10,17,21H,7-8,11H2,1-3H3;4-9,20H,10H2,1-3H3;1H4. The fraction of sp³-hybridized carbons (Fsp3) is 0.400. The van der Waals surface area contributed by atoms with Crippen molar-refractivity contribution in [2.45, 2.75) is 65.8 Å².